The van der Waals surface area contributed by atoms with Crippen molar-refractivity contribution in [3.63, 3.8) is 0 Å². The Hall–Kier alpha value is -3.43. The molecule has 3 rings (SSSR count). The zero-order chi connectivity index (χ0) is 18.9. The summed E-state index contributed by atoms with van der Waals surface area (Å²) >= 11 is 0. The third kappa shape index (κ3) is 3.21. The summed E-state index contributed by atoms with van der Waals surface area (Å²) in [6.07, 6.45) is -1.60. The third-order valence-electron chi connectivity index (χ3n) is 3.54. The van der Waals surface area contributed by atoms with E-state index in [-0.39, 0.29) is 11.4 Å². The highest BCUT2D eigenvalue weighted by molar-refractivity contribution is 5.94. The van der Waals surface area contributed by atoms with E-state index in [1.807, 2.05) is 0 Å². The van der Waals surface area contributed by atoms with E-state index in [0.717, 1.165) is 22.9 Å². The second-order valence-electron chi connectivity index (χ2n) is 5.27. The van der Waals surface area contributed by atoms with Gasteiger partial charge in [-0.1, -0.05) is 6.07 Å². The lowest BCUT2D eigenvalue weighted by Crippen LogP contribution is -2.41. The highest BCUT2D eigenvalue weighted by atomic mass is 19.4. The van der Waals surface area contributed by atoms with Crippen LogP contribution in [0.25, 0.3) is 5.65 Å². The maximum absolute atomic E-state index is 13.3. The van der Waals surface area contributed by atoms with E-state index >= 15 is 0 Å². The Balaban J connectivity index is 2.00. The summed E-state index contributed by atoms with van der Waals surface area (Å²) in [5.74, 6) is -1.56. The summed E-state index contributed by atoms with van der Waals surface area (Å²) in [5, 5.41) is 11.4. The van der Waals surface area contributed by atoms with Crippen LogP contribution in [0.1, 0.15) is 22.1 Å². The van der Waals surface area contributed by atoms with Crippen molar-refractivity contribution in [3.8, 4) is 5.75 Å². The number of fused-ring (bicyclic) bond motifs is 1. The van der Waals surface area contributed by atoms with E-state index in [1.54, 1.807) is 5.32 Å². The number of aromatic nitrogens is 3. The van der Waals surface area contributed by atoms with Gasteiger partial charge < -0.3 is 10.4 Å². The molecule has 1 atom stereocenters. The van der Waals surface area contributed by atoms with E-state index in [2.05, 4.69) is 9.97 Å². The second-order valence-corrected chi connectivity index (χ2v) is 5.27. The monoisotopic (exact) mass is 364 g/mol. The number of alkyl halides is 3. The molecule has 0 spiro atoms. The lowest BCUT2D eigenvalue weighted by Gasteiger charge is -2.21. The number of carbonyl (C=O) groups is 1. The van der Waals surface area contributed by atoms with Crippen LogP contribution in [0, 0.1) is 0 Å². The van der Waals surface area contributed by atoms with Gasteiger partial charge in [-0.25, -0.2) is 4.98 Å². The number of nitrogens with zero attached hydrogens (tertiary/aromatic N) is 3. The molecule has 2 N–H and O–H groups in total. The first kappa shape index (κ1) is 17.4. The normalized spacial score (nSPS) is 12.7. The van der Waals surface area contributed by atoms with E-state index in [1.165, 1.54) is 30.5 Å². The Bertz CT molecular complexity index is 1020. The van der Waals surface area contributed by atoms with Crippen LogP contribution < -0.4 is 10.9 Å². The van der Waals surface area contributed by atoms with Gasteiger partial charge in [-0.15, -0.1) is 0 Å². The molecule has 0 saturated heterocycles. The smallest absolute Gasteiger partial charge is 0.414 e. The van der Waals surface area contributed by atoms with E-state index in [4.69, 9.17) is 0 Å². The molecule has 134 valence electrons. The first-order valence-corrected chi connectivity index (χ1v) is 7.27. The Morgan fingerprint density at radius 3 is 2.62 bits per heavy atom. The number of aromatic hydroxyl groups is 1. The first-order valence-electron chi connectivity index (χ1n) is 7.27. The molecule has 10 heteroatoms. The third-order valence-corrected chi connectivity index (χ3v) is 3.54. The van der Waals surface area contributed by atoms with Crippen molar-refractivity contribution in [1.29, 1.82) is 0 Å². The molecule has 0 aliphatic rings. The predicted molar refractivity (Wildman–Crippen MR) is 83.6 cm³/mol. The molecule has 0 aliphatic heterocycles. The number of carbonyl (C=O) groups excluding carboxylic acids is 1. The molecule has 3 aromatic rings. The van der Waals surface area contributed by atoms with Crippen LogP contribution >= 0.6 is 0 Å². The predicted octanol–water partition coefficient (Wildman–Crippen LogP) is 1.83. The van der Waals surface area contributed by atoms with Crippen LogP contribution in [0.15, 0.2) is 53.7 Å². The van der Waals surface area contributed by atoms with Gasteiger partial charge in [0.05, 0.1) is 5.69 Å². The van der Waals surface area contributed by atoms with E-state index < -0.39 is 34.9 Å². The molecule has 0 unspecified atom stereocenters. The van der Waals surface area contributed by atoms with Gasteiger partial charge in [0.2, 0.25) is 0 Å². The van der Waals surface area contributed by atoms with Crippen molar-refractivity contribution in [1.82, 2.24) is 19.7 Å². The highest BCUT2D eigenvalue weighted by Crippen LogP contribution is 2.31. The van der Waals surface area contributed by atoms with Crippen molar-refractivity contribution in [2.45, 2.75) is 12.2 Å². The molecule has 7 nitrogen and oxygen atoms in total. The first-order chi connectivity index (χ1) is 12.3. The van der Waals surface area contributed by atoms with Crippen molar-refractivity contribution in [2.24, 2.45) is 0 Å². The van der Waals surface area contributed by atoms with Gasteiger partial charge >= 0.3 is 6.18 Å². The number of halogens is 3. The molecule has 0 bridgehead atoms. The van der Waals surface area contributed by atoms with Gasteiger partial charge in [-0.3, -0.25) is 19.0 Å². The fourth-order valence-electron chi connectivity index (χ4n) is 2.33. The zero-order valence-corrected chi connectivity index (χ0v) is 12.9. The van der Waals surface area contributed by atoms with Crippen molar-refractivity contribution in [2.75, 3.05) is 0 Å². The van der Waals surface area contributed by atoms with Crippen LogP contribution in [0.3, 0.4) is 0 Å². The summed E-state index contributed by atoms with van der Waals surface area (Å²) in [7, 11) is 0. The summed E-state index contributed by atoms with van der Waals surface area (Å²) in [6.45, 7) is 0. The fraction of sp³-hybridized carbons (Fsp3) is 0.125. The quantitative estimate of drug-likeness (QED) is 0.739. The molecular weight excluding hydrogens is 353 g/mol. The maximum Gasteiger partial charge on any atom is 0.414 e. The average molecular weight is 364 g/mol. The van der Waals surface area contributed by atoms with Crippen molar-refractivity contribution >= 4 is 11.6 Å². The molecule has 0 saturated carbocycles. The van der Waals surface area contributed by atoms with Crippen molar-refractivity contribution < 1.29 is 23.1 Å². The Labute approximate surface area is 143 Å². The van der Waals surface area contributed by atoms with Gasteiger partial charge in [-0.2, -0.15) is 13.2 Å². The average Bonchev–Trinajstić information content (AvgIpc) is 2.60. The van der Waals surface area contributed by atoms with Gasteiger partial charge in [0.25, 0.3) is 11.5 Å². The number of pyridine rings is 2. The molecule has 26 heavy (non-hydrogen) atoms. The minimum atomic E-state index is -4.82. The number of rotatable bonds is 3. The molecule has 3 aromatic heterocycles. The van der Waals surface area contributed by atoms with E-state index in [9.17, 15) is 27.9 Å². The van der Waals surface area contributed by atoms with Crippen LogP contribution in [-0.2, 0) is 0 Å². The van der Waals surface area contributed by atoms with Gasteiger partial charge in [0.1, 0.15) is 5.56 Å². The molecule has 0 fully saturated rings. The number of hydrogen-bond acceptors (Lipinski definition) is 5. The standard InChI is InChI=1S/C16H11F3N4O3/c17-16(18,19)12(10-4-1-2-6-20-10)22-14(25)9-8-21-13-11(24)5-3-7-23(13)15(9)26/h1-8,12,24H,(H,22,25)/t12-/m1/s1. The van der Waals surface area contributed by atoms with Gasteiger partial charge in [0, 0.05) is 18.6 Å². The molecule has 0 aromatic carbocycles. The number of hydrogen-bond donors (Lipinski definition) is 2. The minimum Gasteiger partial charge on any atom is -0.504 e. The van der Waals surface area contributed by atoms with Gasteiger partial charge in [0.15, 0.2) is 17.4 Å². The van der Waals surface area contributed by atoms with Crippen LogP contribution in [0.5, 0.6) is 5.75 Å². The van der Waals surface area contributed by atoms with Gasteiger partial charge in [-0.05, 0) is 24.3 Å². The lowest BCUT2D eigenvalue weighted by atomic mass is 10.1. The fourth-order valence-corrected chi connectivity index (χ4v) is 2.33. The zero-order valence-electron chi connectivity index (χ0n) is 12.9. The minimum absolute atomic E-state index is 0.119. The topological polar surface area (TPSA) is 96.6 Å². The Kier molecular flexibility index (Phi) is 4.33. The highest BCUT2D eigenvalue weighted by Gasteiger charge is 2.43. The summed E-state index contributed by atoms with van der Waals surface area (Å²) < 4.78 is 40.8. The Morgan fingerprint density at radius 2 is 1.96 bits per heavy atom. The molecular formula is C16H11F3N4O3. The van der Waals surface area contributed by atoms with Crippen LogP contribution in [0.4, 0.5) is 13.2 Å². The van der Waals surface area contributed by atoms with Crippen LogP contribution in [-0.4, -0.2) is 31.6 Å². The SMILES string of the molecule is O=C(N[C@H](c1ccccn1)C(F)(F)F)c1cnc2c(O)cccn2c1=O. The molecule has 1 amide bonds. The van der Waals surface area contributed by atoms with Crippen molar-refractivity contribution in [3.05, 3.63) is 70.5 Å². The summed E-state index contributed by atoms with van der Waals surface area (Å²) in [5.41, 5.74) is -2.05. The second kappa shape index (κ2) is 6.47. The number of nitrogens with one attached hydrogen (secondary N) is 1. The lowest BCUT2D eigenvalue weighted by molar-refractivity contribution is -0.156. The number of amides is 1. The van der Waals surface area contributed by atoms with Crippen LogP contribution in [0.2, 0.25) is 0 Å². The molecule has 0 aliphatic carbocycles. The molecule has 0 radical (unpaired) electrons. The van der Waals surface area contributed by atoms with E-state index in [0.29, 0.717) is 0 Å². The Morgan fingerprint density at radius 1 is 1.19 bits per heavy atom. The maximum atomic E-state index is 13.3. The molecule has 3 heterocycles. The largest absolute Gasteiger partial charge is 0.504 e. The summed E-state index contributed by atoms with van der Waals surface area (Å²) in [4.78, 5) is 32.0. The summed E-state index contributed by atoms with van der Waals surface area (Å²) in [6, 6.07) is 4.12.